The molecule has 35 heavy (non-hydrogen) atoms. The number of benzene rings is 2. The molecule has 0 bridgehead atoms. The van der Waals surface area contributed by atoms with Gasteiger partial charge in [0.1, 0.15) is 17.3 Å². The van der Waals surface area contributed by atoms with Gasteiger partial charge < -0.3 is 31.5 Å². The molecule has 0 spiro atoms. The Labute approximate surface area is 199 Å². The largest absolute Gasteiger partial charge is 0.508 e. The molecule has 11 heteroatoms. The number of nitrogens with one attached hydrogen (secondary N) is 2. The summed E-state index contributed by atoms with van der Waals surface area (Å²) >= 11 is 0. The third kappa shape index (κ3) is 3.19. The first-order valence-electron chi connectivity index (χ1n) is 10.9. The lowest BCUT2D eigenvalue weighted by molar-refractivity contribution is -0.122. The van der Waals surface area contributed by atoms with Gasteiger partial charge in [-0.05, 0) is 49.3 Å². The van der Waals surface area contributed by atoms with Crippen LogP contribution in [0.4, 0.5) is 4.79 Å². The molecule has 0 unspecified atom stereocenters. The molecule has 0 heterocycles. The van der Waals surface area contributed by atoms with Crippen molar-refractivity contribution >= 4 is 34.1 Å². The predicted molar refractivity (Wildman–Crippen MR) is 127 cm³/mol. The first-order valence-corrected chi connectivity index (χ1v) is 10.9. The Morgan fingerprint density at radius 3 is 2.46 bits per heavy atom. The molecule has 2 aromatic carbocycles. The van der Waals surface area contributed by atoms with E-state index in [0.29, 0.717) is 22.1 Å². The van der Waals surface area contributed by atoms with Crippen LogP contribution in [0.15, 0.2) is 28.6 Å². The Hall–Kier alpha value is -3.96. The average molecular weight is 482 g/mol. The minimum absolute atomic E-state index is 0.0454. The standard InChI is InChI=1S/C24H26N4O7/c1-8-5-6-11-9(2)12-7-13-17(25)20(31)14(10(3)27-28-23(34)26-4)21(32)24(13,35)22(33)16(12)19(30)15(11)18(8)29/h5-6,13,17,29-30,32,35H,7,25H2,1-4H3,(H2,26,28,34)/b27-10+/t13-,17+,24+/m0/s1. The second kappa shape index (κ2) is 8.07. The number of aryl methyl sites for hydroxylation is 2. The van der Waals surface area contributed by atoms with Crippen molar-refractivity contribution in [3.63, 3.8) is 0 Å². The Bertz CT molecular complexity index is 1390. The van der Waals surface area contributed by atoms with E-state index in [1.165, 1.54) is 14.0 Å². The summed E-state index contributed by atoms with van der Waals surface area (Å²) in [6.45, 7) is 4.63. The lowest BCUT2D eigenvalue weighted by Gasteiger charge is -2.45. The van der Waals surface area contributed by atoms with Gasteiger partial charge in [-0.1, -0.05) is 12.1 Å². The SMILES string of the molecule is CNC(=O)N/N=C(\C)C1=C(O)[C@@]2(O)C(=O)c3c(c(C)c4ccc(C)c(O)c4c3O)C[C@H]2[C@@H](N)C1=O. The van der Waals surface area contributed by atoms with Crippen molar-refractivity contribution in [3.05, 3.63) is 45.7 Å². The predicted octanol–water partition coefficient (Wildman–Crippen LogP) is 0.981. The Morgan fingerprint density at radius 2 is 1.83 bits per heavy atom. The van der Waals surface area contributed by atoms with Crippen LogP contribution in [0.2, 0.25) is 0 Å². The Kier molecular flexibility index (Phi) is 5.57. The number of hydrogen-bond acceptors (Lipinski definition) is 9. The van der Waals surface area contributed by atoms with Crippen molar-refractivity contribution in [3.8, 4) is 11.5 Å². The molecule has 2 aliphatic rings. The van der Waals surface area contributed by atoms with Gasteiger partial charge >= 0.3 is 6.03 Å². The van der Waals surface area contributed by atoms with Crippen molar-refractivity contribution in [2.75, 3.05) is 7.05 Å². The van der Waals surface area contributed by atoms with Gasteiger partial charge in [0.15, 0.2) is 11.4 Å². The van der Waals surface area contributed by atoms with Gasteiger partial charge in [0.2, 0.25) is 5.78 Å². The zero-order valence-electron chi connectivity index (χ0n) is 19.6. The molecule has 4 rings (SSSR count). The molecular weight excluding hydrogens is 456 g/mol. The zero-order valence-corrected chi connectivity index (χ0v) is 19.6. The van der Waals surface area contributed by atoms with Crippen LogP contribution in [-0.4, -0.2) is 62.4 Å². The highest BCUT2D eigenvalue weighted by Gasteiger charge is 2.60. The minimum Gasteiger partial charge on any atom is -0.508 e. The Morgan fingerprint density at radius 1 is 1.17 bits per heavy atom. The molecule has 0 radical (unpaired) electrons. The van der Waals surface area contributed by atoms with Crippen molar-refractivity contribution in [1.29, 1.82) is 0 Å². The van der Waals surface area contributed by atoms with Crippen LogP contribution >= 0.6 is 0 Å². The summed E-state index contributed by atoms with van der Waals surface area (Å²) in [7, 11) is 1.35. The molecule has 2 aliphatic carbocycles. The molecule has 0 aliphatic heterocycles. The van der Waals surface area contributed by atoms with Gasteiger partial charge in [0.25, 0.3) is 0 Å². The van der Waals surface area contributed by atoms with Gasteiger partial charge in [-0.15, -0.1) is 0 Å². The number of phenolic OH excluding ortho intramolecular Hbond substituents is 2. The van der Waals surface area contributed by atoms with Crippen LogP contribution in [0.25, 0.3) is 10.8 Å². The number of ketones is 2. The van der Waals surface area contributed by atoms with Crippen molar-refractivity contribution in [1.82, 2.24) is 10.7 Å². The number of phenols is 2. The number of nitrogens with zero attached hydrogens (tertiary/aromatic N) is 1. The van der Waals surface area contributed by atoms with E-state index in [4.69, 9.17) is 5.73 Å². The molecule has 0 aromatic heterocycles. The summed E-state index contributed by atoms with van der Waals surface area (Å²) in [4.78, 5) is 38.3. The highest BCUT2D eigenvalue weighted by molar-refractivity contribution is 6.26. The van der Waals surface area contributed by atoms with E-state index >= 15 is 0 Å². The maximum atomic E-state index is 13.8. The molecular formula is C24H26N4O7. The number of fused-ring (bicyclic) bond motifs is 3. The van der Waals surface area contributed by atoms with E-state index < -0.39 is 52.2 Å². The first kappa shape index (κ1) is 24.2. The number of hydrazone groups is 1. The lowest BCUT2D eigenvalue weighted by atomic mass is 9.61. The van der Waals surface area contributed by atoms with E-state index in [1.807, 2.05) is 0 Å². The molecule has 0 saturated heterocycles. The third-order valence-corrected chi connectivity index (χ3v) is 7.04. The average Bonchev–Trinajstić information content (AvgIpc) is 2.82. The van der Waals surface area contributed by atoms with Crippen LogP contribution in [0, 0.1) is 19.8 Å². The van der Waals surface area contributed by atoms with E-state index in [0.717, 1.165) is 0 Å². The zero-order chi connectivity index (χ0) is 26.0. The van der Waals surface area contributed by atoms with Gasteiger partial charge in [0, 0.05) is 13.0 Å². The van der Waals surface area contributed by atoms with Crippen molar-refractivity contribution < 1.29 is 34.8 Å². The topological polar surface area (TPSA) is 195 Å². The number of carbonyl (C=O) groups is 3. The Balaban J connectivity index is 1.98. The van der Waals surface area contributed by atoms with Crippen LogP contribution in [0.5, 0.6) is 11.5 Å². The highest BCUT2D eigenvalue weighted by atomic mass is 16.3. The van der Waals surface area contributed by atoms with E-state index in [1.54, 1.807) is 26.0 Å². The third-order valence-electron chi connectivity index (χ3n) is 7.04. The second-order valence-electron chi connectivity index (χ2n) is 8.89. The number of carbonyl (C=O) groups excluding carboxylic acids is 3. The van der Waals surface area contributed by atoms with Gasteiger partial charge in [-0.25, -0.2) is 10.2 Å². The molecule has 2 amide bonds. The second-order valence-corrected chi connectivity index (χ2v) is 8.89. The summed E-state index contributed by atoms with van der Waals surface area (Å²) in [6.07, 6.45) is -0.0987. The number of urea groups is 1. The van der Waals surface area contributed by atoms with E-state index in [9.17, 15) is 34.8 Å². The summed E-state index contributed by atoms with van der Waals surface area (Å²) < 4.78 is 0. The number of amides is 2. The van der Waals surface area contributed by atoms with Gasteiger partial charge in [0.05, 0.1) is 28.3 Å². The monoisotopic (exact) mass is 482 g/mol. The number of aliphatic hydroxyl groups excluding tert-OH is 1. The first-order chi connectivity index (χ1) is 16.4. The fourth-order valence-corrected chi connectivity index (χ4v) is 5.01. The summed E-state index contributed by atoms with van der Waals surface area (Å²) in [5.41, 5.74) is 6.12. The molecule has 2 aromatic rings. The number of nitrogens with two attached hydrogens (primary N) is 1. The van der Waals surface area contributed by atoms with E-state index in [2.05, 4.69) is 15.8 Å². The number of aromatic hydroxyl groups is 2. The molecule has 8 N–H and O–H groups in total. The maximum absolute atomic E-state index is 13.8. The van der Waals surface area contributed by atoms with Crippen molar-refractivity contribution in [2.45, 2.75) is 38.8 Å². The van der Waals surface area contributed by atoms with E-state index in [-0.39, 0.29) is 28.8 Å². The molecule has 0 fully saturated rings. The maximum Gasteiger partial charge on any atom is 0.334 e. The van der Waals surface area contributed by atoms with Crippen LogP contribution in [0.3, 0.4) is 0 Å². The quantitative estimate of drug-likeness (QED) is 0.243. The van der Waals surface area contributed by atoms with Crippen LogP contribution in [0.1, 0.15) is 34.0 Å². The fraction of sp³-hybridized carbons (Fsp3) is 0.333. The summed E-state index contributed by atoms with van der Waals surface area (Å²) in [5.74, 6) is -4.76. The molecule has 0 saturated carbocycles. The molecule has 184 valence electrons. The van der Waals surface area contributed by atoms with Gasteiger partial charge in [-0.3, -0.25) is 9.59 Å². The lowest BCUT2D eigenvalue weighted by Crippen LogP contribution is -2.63. The molecule has 11 nitrogen and oxygen atoms in total. The number of Topliss-reactive ketones (excluding diaryl/α,β-unsaturated/α-hetero) is 2. The van der Waals surface area contributed by atoms with Gasteiger partial charge in [-0.2, -0.15) is 5.10 Å². The number of hydrogen-bond donors (Lipinski definition) is 7. The van der Waals surface area contributed by atoms with Crippen molar-refractivity contribution in [2.24, 2.45) is 16.8 Å². The number of rotatable bonds is 2. The number of aliphatic hydroxyl groups is 2. The van der Waals surface area contributed by atoms with Crippen LogP contribution < -0.4 is 16.5 Å². The molecule has 3 atom stereocenters. The minimum atomic E-state index is -2.64. The normalized spacial score (nSPS) is 24.3. The summed E-state index contributed by atoms with van der Waals surface area (Å²) in [6, 6.07) is 1.28. The summed E-state index contributed by atoms with van der Waals surface area (Å²) in [5, 5.41) is 50.9. The fourth-order valence-electron chi connectivity index (χ4n) is 5.01. The van der Waals surface area contributed by atoms with Crippen LogP contribution in [-0.2, 0) is 11.2 Å². The smallest absolute Gasteiger partial charge is 0.334 e. The highest BCUT2D eigenvalue weighted by Crippen LogP contribution is 2.50.